The molecule has 0 atom stereocenters. The first-order valence-corrected chi connectivity index (χ1v) is 8.28. The molecule has 7 nitrogen and oxygen atoms in total. The third kappa shape index (κ3) is 3.68. The Morgan fingerprint density at radius 1 is 1.23 bits per heavy atom. The average molecular weight is 409 g/mol. The molecule has 0 spiro atoms. The number of imidazole rings is 1. The molecular weight excluding hydrogens is 397 g/mol. The molecular formula is C14H12ClF3N4O3S. The van der Waals surface area contributed by atoms with Crippen LogP contribution in [0.2, 0.25) is 0 Å². The summed E-state index contributed by atoms with van der Waals surface area (Å²) in [7, 11) is -4.21. The van der Waals surface area contributed by atoms with Crippen molar-refractivity contribution in [2.45, 2.75) is 5.51 Å². The molecule has 0 fully saturated rings. The molecule has 26 heavy (non-hydrogen) atoms. The van der Waals surface area contributed by atoms with Crippen molar-refractivity contribution in [1.82, 2.24) is 15.0 Å². The molecule has 3 rings (SSSR count). The molecule has 0 saturated heterocycles. The van der Waals surface area contributed by atoms with Crippen molar-refractivity contribution in [2.24, 2.45) is 0 Å². The largest absolute Gasteiger partial charge is 0.516 e. The van der Waals surface area contributed by atoms with E-state index in [1.54, 1.807) is 18.3 Å². The standard InChI is InChI=1S/C14H11F3N4O3S.ClH/c1-24-11-7-8(21-25(22,23)14(15,16)17)4-5-9(11)12-19-10-3-2-6-18-13(10)20-12;/h2-7,21H,1H3,(H,18,19,20);1H. The lowest BCUT2D eigenvalue weighted by molar-refractivity contribution is -0.0429. The van der Waals surface area contributed by atoms with E-state index in [2.05, 4.69) is 15.0 Å². The number of aromatic nitrogens is 3. The van der Waals surface area contributed by atoms with Gasteiger partial charge >= 0.3 is 15.5 Å². The van der Waals surface area contributed by atoms with Crippen LogP contribution in [-0.4, -0.2) is 36.0 Å². The van der Waals surface area contributed by atoms with E-state index < -0.39 is 15.5 Å². The van der Waals surface area contributed by atoms with Crippen LogP contribution in [0.4, 0.5) is 18.9 Å². The Morgan fingerprint density at radius 3 is 2.58 bits per heavy atom. The summed E-state index contributed by atoms with van der Waals surface area (Å²) in [5.41, 5.74) is -4.13. The first-order valence-electron chi connectivity index (χ1n) is 6.79. The van der Waals surface area contributed by atoms with Crippen molar-refractivity contribution in [3.05, 3.63) is 36.5 Å². The van der Waals surface area contributed by atoms with Gasteiger partial charge in [0.05, 0.1) is 23.9 Å². The topological polar surface area (TPSA) is 97.0 Å². The number of pyridine rings is 1. The molecule has 0 aliphatic heterocycles. The lowest BCUT2D eigenvalue weighted by atomic mass is 10.1. The predicted molar refractivity (Wildman–Crippen MR) is 91.7 cm³/mol. The van der Waals surface area contributed by atoms with Gasteiger partial charge in [-0.25, -0.2) is 9.97 Å². The molecule has 0 saturated carbocycles. The van der Waals surface area contributed by atoms with E-state index in [9.17, 15) is 21.6 Å². The molecule has 2 aromatic heterocycles. The minimum Gasteiger partial charge on any atom is -0.496 e. The molecule has 3 aromatic rings. The van der Waals surface area contributed by atoms with E-state index in [0.29, 0.717) is 22.6 Å². The lowest BCUT2D eigenvalue weighted by Crippen LogP contribution is -2.29. The number of benzene rings is 1. The van der Waals surface area contributed by atoms with Crippen LogP contribution >= 0.6 is 12.4 Å². The van der Waals surface area contributed by atoms with E-state index in [1.165, 1.54) is 24.0 Å². The van der Waals surface area contributed by atoms with Gasteiger partial charge in [-0.3, -0.25) is 4.72 Å². The van der Waals surface area contributed by atoms with E-state index in [1.807, 2.05) is 0 Å². The number of hydrogen-bond acceptors (Lipinski definition) is 5. The van der Waals surface area contributed by atoms with Gasteiger partial charge in [0, 0.05) is 12.3 Å². The van der Waals surface area contributed by atoms with Crippen molar-refractivity contribution >= 4 is 39.3 Å². The second kappa shape index (κ2) is 7.00. The highest BCUT2D eigenvalue weighted by molar-refractivity contribution is 7.93. The quantitative estimate of drug-likeness (QED) is 0.690. The second-order valence-electron chi connectivity index (χ2n) is 4.93. The maximum Gasteiger partial charge on any atom is 0.516 e. The monoisotopic (exact) mass is 408 g/mol. The number of sulfonamides is 1. The summed E-state index contributed by atoms with van der Waals surface area (Å²) in [4.78, 5) is 11.4. The average Bonchev–Trinajstić information content (AvgIpc) is 2.97. The first kappa shape index (κ1) is 19.8. The highest BCUT2D eigenvalue weighted by Crippen LogP contribution is 2.33. The number of fused-ring (bicyclic) bond motifs is 1. The fraction of sp³-hybridized carbons (Fsp3) is 0.143. The maximum atomic E-state index is 12.5. The smallest absolute Gasteiger partial charge is 0.496 e. The number of anilines is 1. The lowest BCUT2D eigenvalue weighted by Gasteiger charge is -2.13. The van der Waals surface area contributed by atoms with Gasteiger partial charge in [0.2, 0.25) is 0 Å². The van der Waals surface area contributed by atoms with Gasteiger partial charge in [-0.2, -0.15) is 21.6 Å². The van der Waals surface area contributed by atoms with Crippen LogP contribution in [0.3, 0.4) is 0 Å². The molecule has 140 valence electrons. The number of nitrogens with zero attached hydrogens (tertiary/aromatic N) is 2. The summed E-state index contributed by atoms with van der Waals surface area (Å²) in [5.74, 6) is 0.525. The first-order chi connectivity index (χ1) is 11.7. The van der Waals surface area contributed by atoms with Crippen molar-refractivity contribution in [3.8, 4) is 17.1 Å². The van der Waals surface area contributed by atoms with E-state index >= 15 is 0 Å². The highest BCUT2D eigenvalue weighted by Gasteiger charge is 2.46. The summed E-state index contributed by atoms with van der Waals surface area (Å²) in [6, 6.07) is 7.19. The number of rotatable bonds is 4. The highest BCUT2D eigenvalue weighted by atomic mass is 35.5. The Labute approximate surface area is 152 Å². The Morgan fingerprint density at radius 2 is 1.96 bits per heavy atom. The van der Waals surface area contributed by atoms with Crippen molar-refractivity contribution in [3.63, 3.8) is 0 Å². The number of nitrogens with one attached hydrogen (secondary N) is 2. The molecule has 0 aliphatic rings. The van der Waals surface area contributed by atoms with Crippen LogP contribution in [0, 0.1) is 0 Å². The molecule has 2 N–H and O–H groups in total. The number of hydrogen-bond donors (Lipinski definition) is 2. The number of ether oxygens (including phenoxy) is 1. The van der Waals surface area contributed by atoms with E-state index in [0.717, 1.165) is 6.07 Å². The van der Waals surface area contributed by atoms with Gasteiger partial charge in [0.1, 0.15) is 11.6 Å². The van der Waals surface area contributed by atoms with Gasteiger partial charge in [0.25, 0.3) is 0 Å². The predicted octanol–water partition coefficient (Wildman–Crippen LogP) is 3.32. The minimum atomic E-state index is -5.51. The van der Waals surface area contributed by atoms with Crippen LogP contribution in [0.1, 0.15) is 0 Å². The van der Waals surface area contributed by atoms with Crippen molar-refractivity contribution in [1.29, 1.82) is 0 Å². The van der Waals surface area contributed by atoms with Crippen LogP contribution in [-0.2, 0) is 10.0 Å². The van der Waals surface area contributed by atoms with E-state index in [-0.39, 0.29) is 23.8 Å². The van der Waals surface area contributed by atoms with Gasteiger partial charge in [-0.15, -0.1) is 12.4 Å². The second-order valence-corrected chi connectivity index (χ2v) is 6.60. The van der Waals surface area contributed by atoms with Crippen molar-refractivity contribution < 1.29 is 26.3 Å². The summed E-state index contributed by atoms with van der Waals surface area (Å²) in [5, 5.41) is 0. The number of halogens is 4. The molecule has 1 aromatic carbocycles. The fourth-order valence-electron chi connectivity index (χ4n) is 2.14. The Hall–Kier alpha value is -2.53. The Balaban J connectivity index is 0.00000243. The minimum absolute atomic E-state index is 0. The Bertz CT molecular complexity index is 1000. The summed E-state index contributed by atoms with van der Waals surface area (Å²) < 4.78 is 66.4. The number of alkyl halides is 3. The third-order valence-corrected chi connectivity index (χ3v) is 4.38. The van der Waals surface area contributed by atoms with Crippen LogP contribution in [0.5, 0.6) is 5.75 Å². The van der Waals surface area contributed by atoms with Crippen LogP contribution in [0.25, 0.3) is 22.6 Å². The molecule has 0 radical (unpaired) electrons. The molecule has 12 heteroatoms. The zero-order valence-electron chi connectivity index (χ0n) is 13.0. The molecule has 0 aliphatic carbocycles. The van der Waals surface area contributed by atoms with Crippen LogP contribution < -0.4 is 9.46 Å². The van der Waals surface area contributed by atoms with Crippen molar-refractivity contribution in [2.75, 3.05) is 11.8 Å². The maximum absolute atomic E-state index is 12.5. The molecule has 0 unspecified atom stereocenters. The SMILES string of the molecule is COc1cc(NS(=O)(=O)C(F)(F)F)ccc1-c1nc2ncccc2[nH]1.Cl. The summed E-state index contributed by atoms with van der Waals surface area (Å²) >= 11 is 0. The fourth-order valence-corrected chi connectivity index (χ4v) is 2.69. The number of methoxy groups -OCH3 is 1. The summed E-state index contributed by atoms with van der Waals surface area (Å²) in [6.07, 6.45) is 1.57. The summed E-state index contributed by atoms with van der Waals surface area (Å²) in [6.45, 7) is 0. The van der Waals surface area contributed by atoms with Gasteiger partial charge in [-0.1, -0.05) is 0 Å². The zero-order chi connectivity index (χ0) is 18.2. The number of aromatic amines is 1. The number of H-pyrrole nitrogens is 1. The molecule has 0 bridgehead atoms. The Kier molecular flexibility index (Phi) is 5.33. The van der Waals surface area contributed by atoms with E-state index in [4.69, 9.17) is 4.74 Å². The zero-order valence-corrected chi connectivity index (χ0v) is 14.7. The van der Waals surface area contributed by atoms with Gasteiger partial charge < -0.3 is 9.72 Å². The van der Waals surface area contributed by atoms with Gasteiger partial charge in [-0.05, 0) is 24.3 Å². The third-order valence-electron chi connectivity index (χ3n) is 3.27. The van der Waals surface area contributed by atoms with Crippen LogP contribution in [0.15, 0.2) is 36.5 Å². The molecule has 2 heterocycles. The molecule has 0 amide bonds. The van der Waals surface area contributed by atoms with Gasteiger partial charge in [0.15, 0.2) is 5.65 Å². The normalized spacial score (nSPS) is 11.8.